The third-order valence-corrected chi connectivity index (χ3v) is 7.23. The Hall–Kier alpha value is -0.216. The van der Waals surface area contributed by atoms with Crippen LogP contribution in [-0.2, 0) is 18.1 Å². The number of carbonyl (C=O) groups excluding carboxylic acids is 1. The Morgan fingerprint density at radius 1 is 1.14 bits per heavy atom. The number of hydrogen-bond donors (Lipinski definition) is 0. The maximum atomic E-state index is 12.0. The number of rotatable bonds is 10. The highest BCUT2D eigenvalue weighted by molar-refractivity contribution is 6.71. The molecule has 0 heterocycles. The first-order valence-electron chi connectivity index (χ1n) is 7.54. The van der Waals surface area contributed by atoms with Crippen molar-refractivity contribution in [2.45, 2.75) is 45.6 Å². The molecule has 0 N–H and O–H groups in total. The van der Waals surface area contributed by atoms with Crippen molar-refractivity contribution in [3.05, 3.63) is 0 Å². The van der Waals surface area contributed by atoms with Crippen molar-refractivity contribution in [3.63, 3.8) is 0 Å². The zero-order valence-electron chi connectivity index (χ0n) is 15.0. The smallest absolute Gasteiger partial charge is 0.334 e. The minimum atomic E-state index is -1.97. The van der Waals surface area contributed by atoms with E-state index in [1.165, 1.54) is 0 Å². The highest BCUT2D eigenvalue weighted by Crippen LogP contribution is 2.14. The summed E-state index contributed by atoms with van der Waals surface area (Å²) in [7, 11) is 1.71. The lowest BCUT2D eigenvalue weighted by Gasteiger charge is -2.26. The van der Waals surface area contributed by atoms with Gasteiger partial charge in [-0.05, 0) is 52.2 Å². The van der Waals surface area contributed by atoms with E-state index in [2.05, 4.69) is 11.4 Å². The van der Waals surface area contributed by atoms with Crippen LogP contribution in [0.2, 0.25) is 32.2 Å². The van der Waals surface area contributed by atoms with Gasteiger partial charge in [0.15, 0.2) is 0 Å². The molecule has 0 spiro atoms. The van der Waals surface area contributed by atoms with Crippen LogP contribution >= 0.6 is 0 Å². The van der Waals surface area contributed by atoms with E-state index in [0.717, 1.165) is 25.6 Å². The molecule has 1 atom stereocenters. The second kappa shape index (κ2) is 9.04. The van der Waals surface area contributed by atoms with Gasteiger partial charge in [0.05, 0.1) is 5.92 Å². The van der Waals surface area contributed by atoms with Crippen LogP contribution in [0.5, 0.6) is 0 Å². The summed E-state index contributed by atoms with van der Waals surface area (Å²) in [5.74, 6) is -0.163. The predicted molar refractivity (Wildman–Crippen MR) is 91.2 cm³/mol. The van der Waals surface area contributed by atoms with Gasteiger partial charge >= 0.3 is 8.56 Å². The fraction of sp³-hybridized carbons (Fsp3) is 0.929. The normalized spacial score (nSPS) is 14.3. The lowest BCUT2D eigenvalue weighted by Crippen LogP contribution is -2.38. The second-order valence-electron chi connectivity index (χ2n) is 6.84. The van der Waals surface area contributed by atoms with E-state index in [1.807, 2.05) is 33.6 Å². The van der Waals surface area contributed by atoms with E-state index in [9.17, 15) is 4.79 Å². The molecule has 0 aromatic heterocycles. The van der Waals surface area contributed by atoms with E-state index in [4.69, 9.17) is 13.3 Å². The molecule has 0 aromatic carbocycles. The van der Waals surface area contributed by atoms with Gasteiger partial charge in [0.25, 0.3) is 5.97 Å². The minimum Gasteiger partial charge on any atom is -0.520 e. The first kappa shape index (κ1) is 20.8. The summed E-state index contributed by atoms with van der Waals surface area (Å²) in [6, 6.07) is 0.956. The largest absolute Gasteiger partial charge is 0.520 e. The van der Waals surface area contributed by atoms with E-state index < -0.39 is 16.9 Å². The molecule has 0 saturated heterocycles. The number of hydrogen-bond acceptors (Lipinski definition) is 5. The van der Waals surface area contributed by atoms with Crippen molar-refractivity contribution in [2.75, 3.05) is 34.4 Å². The van der Waals surface area contributed by atoms with Gasteiger partial charge in [0.1, 0.15) is 0 Å². The van der Waals surface area contributed by atoms with Crippen LogP contribution in [-0.4, -0.2) is 62.1 Å². The highest BCUT2D eigenvalue weighted by atomic mass is 28.4. The summed E-state index contributed by atoms with van der Waals surface area (Å²) in [6.07, 6.45) is 1.01. The molecule has 1 unspecified atom stereocenters. The minimum absolute atomic E-state index is 0.0750. The summed E-state index contributed by atoms with van der Waals surface area (Å²) in [5.41, 5.74) is 0. The SMILES string of the molecule is CO[Si](C)(CCCN(C)CC(C)C(=O)O[Si](C)(C)C)OC. The van der Waals surface area contributed by atoms with E-state index in [0.29, 0.717) is 0 Å². The van der Waals surface area contributed by atoms with Crippen LogP contribution < -0.4 is 0 Å². The average Bonchev–Trinajstić information content (AvgIpc) is 2.36. The van der Waals surface area contributed by atoms with Gasteiger partial charge in [0, 0.05) is 20.8 Å². The first-order chi connectivity index (χ1) is 9.53. The van der Waals surface area contributed by atoms with Gasteiger partial charge in [-0.1, -0.05) is 6.92 Å². The molecule has 0 aliphatic heterocycles. The summed E-state index contributed by atoms with van der Waals surface area (Å²) in [4.78, 5) is 14.1. The molecule has 0 amide bonds. The molecule has 7 heteroatoms. The Balaban J connectivity index is 4.09. The molecular weight excluding hydrogens is 302 g/mol. The molecule has 0 saturated carbocycles. The average molecular weight is 336 g/mol. The third kappa shape index (κ3) is 9.41. The van der Waals surface area contributed by atoms with Crippen molar-refractivity contribution in [3.8, 4) is 0 Å². The summed E-state index contributed by atoms with van der Waals surface area (Å²) >= 11 is 0. The molecule has 21 heavy (non-hydrogen) atoms. The Bertz CT molecular complexity index is 317. The Morgan fingerprint density at radius 3 is 2.10 bits per heavy atom. The lowest BCUT2D eigenvalue weighted by atomic mass is 10.2. The summed E-state index contributed by atoms with van der Waals surface area (Å²) in [5, 5.41) is 0. The van der Waals surface area contributed by atoms with Crippen molar-refractivity contribution in [1.82, 2.24) is 4.90 Å². The molecule has 0 aromatic rings. The Morgan fingerprint density at radius 2 is 1.67 bits per heavy atom. The van der Waals surface area contributed by atoms with Crippen LogP contribution in [0.3, 0.4) is 0 Å². The molecule has 0 bridgehead atoms. The zero-order chi connectivity index (χ0) is 16.7. The van der Waals surface area contributed by atoms with Crippen LogP contribution in [0.15, 0.2) is 0 Å². The Kier molecular flexibility index (Phi) is 8.95. The molecule has 0 radical (unpaired) electrons. The van der Waals surface area contributed by atoms with Gasteiger partial charge in [-0.3, -0.25) is 4.79 Å². The number of carbonyl (C=O) groups is 1. The van der Waals surface area contributed by atoms with Crippen molar-refractivity contribution < 1.29 is 18.1 Å². The summed E-state index contributed by atoms with van der Waals surface area (Å²) < 4.78 is 16.5. The molecule has 126 valence electrons. The van der Waals surface area contributed by atoms with Gasteiger partial charge in [-0.15, -0.1) is 0 Å². The monoisotopic (exact) mass is 335 g/mol. The second-order valence-corrected chi connectivity index (χ2v) is 14.9. The quantitative estimate of drug-likeness (QED) is 0.575. The molecule has 0 aliphatic rings. The van der Waals surface area contributed by atoms with Crippen molar-refractivity contribution in [1.29, 1.82) is 0 Å². The van der Waals surface area contributed by atoms with Crippen molar-refractivity contribution in [2.24, 2.45) is 5.92 Å². The zero-order valence-corrected chi connectivity index (χ0v) is 17.0. The maximum absolute atomic E-state index is 12.0. The Labute approximate surface area is 132 Å². The standard InChI is InChI=1S/C14H33NO4Si2/c1-13(14(16)19-20(5,6)7)12-15(2)10-9-11-21(8,17-3)18-4/h13H,9-12H2,1-8H3. The summed E-state index contributed by atoms with van der Waals surface area (Å²) in [6.45, 7) is 11.7. The van der Waals surface area contributed by atoms with Gasteiger partial charge in [-0.2, -0.15) is 0 Å². The molecular formula is C14H33NO4Si2. The van der Waals surface area contributed by atoms with Gasteiger partial charge in [-0.25, -0.2) is 0 Å². The fourth-order valence-electron chi connectivity index (χ4n) is 1.99. The lowest BCUT2D eigenvalue weighted by molar-refractivity contribution is -0.139. The molecule has 5 nitrogen and oxygen atoms in total. The van der Waals surface area contributed by atoms with Crippen LogP contribution in [0.25, 0.3) is 0 Å². The number of nitrogens with zero attached hydrogens (tertiary/aromatic N) is 1. The van der Waals surface area contributed by atoms with Gasteiger partial charge < -0.3 is 18.2 Å². The van der Waals surface area contributed by atoms with Gasteiger partial charge in [0.2, 0.25) is 8.32 Å². The van der Waals surface area contributed by atoms with Crippen LogP contribution in [0, 0.1) is 5.92 Å². The molecule has 0 fully saturated rings. The molecule has 0 aliphatic carbocycles. The van der Waals surface area contributed by atoms with E-state index in [-0.39, 0.29) is 11.9 Å². The maximum Gasteiger partial charge on any atom is 0.334 e. The van der Waals surface area contributed by atoms with Crippen LogP contribution in [0.4, 0.5) is 0 Å². The van der Waals surface area contributed by atoms with E-state index in [1.54, 1.807) is 14.2 Å². The fourth-order valence-corrected chi connectivity index (χ4v) is 4.17. The predicted octanol–water partition coefficient (Wildman–Crippen LogP) is 2.69. The van der Waals surface area contributed by atoms with Crippen LogP contribution in [0.1, 0.15) is 13.3 Å². The topological polar surface area (TPSA) is 48.0 Å². The van der Waals surface area contributed by atoms with E-state index >= 15 is 0 Å². The first-order valence-corrected chi connectivity index (χ1v) is 13.5. The third-order valence-electron chi connectivity index (χ3n) is 3.43. The molecule has 0 rings (SSSR count). The van der Waals surface area contributed by atoms with Crippen molar-refractivity contribution >= 4 is 22.8 Å². The highest BCUT2D eigenvalue weighted by Gasteiger charge is 2.28.